The minimum Gasteiger partial charge on any atom is -0.465 e. The van der Waals surface area contributed by atoms with Crippen LogP contribution in [0.1, 0.15) is 17.3 Å². The fourth-order valence-corrected chi connectivity index (χ4v) is 1.50. The van der Waals surface area contributed by atoms with Crippen molar-refractivity contribution in [2.45, 2.75) is 6.92 Å². The van der Waals surface area contributed by atoms with Crippen LogP contribution in [0.25, 0.3) is 0 Å². The maximum absolute atomic E-state index is 11.3. The summed E-state index contributed by atoms with van der Waals surface area (Å²) in [6.45, 7) is 1.97. The average Bonchev–Trinajstić information content (AvgIpc) is 2.67. The number of carbonyl (C=O) groups is 2. The lowest BCUT2D eigenvalue weighted by Gasteiger charge is -2.02. The molecule has 4 nitrogen and oxygen atoms in total. The van der Waals surface area contributed by atoms with Crippen molar-refractivity contribution in [2.75, 3.05) is 13.2 Å². The summed E-state index contributed by atoms with van der Waals surface area (Å²) < 4.78 is 4.66. The molecule has 1 rings (SSSR count). The Morgan fingerprint density at radius 3 is 2.93 bits per heavy atom. The first-order chi connectivity index (χ1) is 6.74. The van der Waals surface area contributed by atoms with Crippen molar-refractivity contribution < 1.29 is 14.3 Å². The molecule has 76 valence electrons. The van der Waals surface area contributed by atoms with Gasteiger partial charge in [0.15, 0.2) is 0 Å². The maximum atomic E-state index is 11.3. The van der Waals surface area contributed by atoms with Gasteiger partial charge in [-0.25, -0.2) is 0 Å². The molecule has 0 aliphatic rings. The minimum atomic E-state index is -0.420. The molecule has 1 amide bonds. The number of thiophene rings is 1. The molecule has 1 aromatic rings. The van der Waals surface area contributed by atoms with Gasteiger partial charge >= 0.3 is 5.97 Å². The molecule has 0 saturated heterocycles. The monoisotopic (exact) mass is 213 g/mol. The van der Waals surface area contributed by atoms with Crippen molar-refractivity contribution in [3.8, 4) is 0 Å². The molecule has 0 saturated carbocycles. The number of nitrogens with one attached hydrogen (secondary N) is 1. The first-order valence-electron chi connectivity index (χ1n) is 4.20. The van der Waals surface area contributed by atoms with Gasteiger partial charge < -0.3 is 10.1 Å². The predicted molar refractivity (Wildman–Crippen MR) is 53.3 cm³/mol. The normalized spacial score (nSPS) is 9.50. The smallest absolute Gasteiger partial charge is 0.325 e. The van der Waals surface area contributed by atoms with Gasteiger partial charge in [0.25, 0.3) is 5.91 Å². The van der Waals surface area contributed by atoms with Crippen LogP contribution in [-0.2, 0) is 9.53 Å². The van der Waals surface area contributed by atoms with Crippen LogP contribution in [0.3, 0.4) is 0 Å². The molecule has 0 aliphatic heterocycles. The summed E-state index contributed by atoms with van der Waals surface area (Å²) in [5, 5.41) is 5.99. The van der Waals surface area contributed by atoms with Crippen LogP contribution < -0.4 is 5.32 Å². The zero-order chi connectivity index (χ0) is 10.4. The van der Waals surface area contributed by atoms with E-state index in [9.17, 15) is 9.59 Å². The molecule has 0 aromatic carbocycles. The zero-order valence-electron chi connectivity index (χ0n) is 7.78. The Balaban J connectivity index is 2.32. The molecular formula is C9H11NO3S. The highest BCUT2D eigenvalue weighted by molar-refractivity contribution is 7.08. The number of amides is 1. The molecule has 14 heavy (non-hydrogen) atoms. The third-order valence-corrected chi connectivity index (χ3v) is 2.17. The highest BCUT2D eigenvalue weighted by Gasteiger charge is 2.07. The summed E-state index contributed by atoms with van der Waals surface area (Å²) in [6.07, 6.45) is 0. The van der Waals surface area contributed by atoms with E-state index in [-0.39, 0.29) is 12.5 Å². The third-order valence-electron chi connectivity index (χ3n) is 1.48. The molecule has 1 N–H and O–H groups in total. The van der Waals surface area contributed by atoms with E-state index in [0.717, 1.165) is 0 Å². The van der Waals surface area contributed by atoms with Crippen molar-refractivity contribution >= 4 is 23.2 Å². The molecule has 0 bridgehead atoms. The molecule has 0 unspecified atom stereocenters. The van der Waals surface area contributed by atoms with E-state index in [1.807, 2.05) is 0 Å². The Labute approximate surface area is 85.9 Å². The Kier molecular flexibility index (Phi) is 4.12. The lowest BCUT2D eigenvalue weighted by atomic mass is 10.3. The summed E-state index contributed by atoms with van der Waals surface area (Å²) >= 11 is 1.44. The lowest BCUT2D eigenvalue weighted by molar-refractivity contribution is -0.141. The quantitative estimate of drug-likeness (QED) is 0.760. The second-order valence-electron chi connectivity index (χ2n) is 2.50. The Morgan fingerprint density at radius 1 is 1.57 bits per heavy atom. The molecule has 0 aliphatic carbocycles. The molecule has 5 heteroatoms. The van der Waals surface area contributed by atoms with E-state index in [1.54, 1.807) is 23.8 Å². The Morgan fingerprint density at radius 2 is 2.36 bits per heavy atom. The maximum Gasteiger partial charge on any atom is 0.325 e. The highest BCUT2D eigenvalue weighted by Crippen LogP contribution is 2.04. The molecule has 1 heterocycles. The number of carbonyl (C=O) groups excluding carboxylic acids is 2. The number of ether oxygens (including phenoxy) is 1. The first kappa shape index (κ1) is 10.7. The van der Waals surface area contributed by atoms with Crippen molar-refractivity contribution in [1.82, 2.24) is 5.32 Å². The van der Waals surface area contributed by atoms with Crippen LogP contribution in [0.2, 0.25) is 0 Å². The van der Waals surface area contributed by atoms with Gasteiger partial charge in [0, 0.05) is 10.9 Å². The van der Waals surface area contributed by atoms with E-state index in [1.165, 1.54) is 11.3 Å². The van der Waals surface area contributed by atoms with E-state index < -0.39 is 5.97 Å². The summed E-state index contributed by atoms with van der Waals surface area (Å²) in [7, 11) is 0. The molecule has 0 atom stereocenters. The van der Waals surface area contributed by atoms with Gasteiger partial charge in [0.2, 0.25) is 0 Å². The number of hydrogen-bond donors (Lipinski definition) is 1. The van der Waals surface area contributed by atoms with E-state index in [0.29, 0.717) is 12.2 Å². The second kappa shape index (κ2) is 5.39. The van der Waals surface area contributed by atoms with Gasteiger partial charge in [0.05, 0.1) is 6.61 Å². The van der Waals surface area contributed by atoms with Gasteiger partial charge in [-0.1, -0.05) is 0 Å². The van der Waals surface area contributed by atoms with Gasteiger partial charge in [-0.15, -0.1) is 0 Å². The molecule has 0 spiro atoms. The second-order valence-corrected chi connectivity index (χ2v) is 3.28. The Hall–Kier alpha value is -1.36. The summed E-state index contributed by atoms with van der Waals surface area (Å²) in [5.41, 5.74) is 0.569. The highest BCUT2D eigenvalue weighted by atomic mass is 32.1. The van der Waals surface area contributed by atoms with Crippen LogP contribution in [-0.4, -0.2) is 25.0 Å². The fraction of sp³-hybridized carbons (Fsp3) is 0.333. The molecule has 1 aromatic heterocycles. The lowest BCUT2D eigenvalue weighted by Crippen LogP contribution is -2.30. The van der Waals surface area contributed by atoms with Crippen LogP contribution in [0.5, 0.6) is 0 Å². The van der Waals surface area contributed by atoms with E-state index in [2.05, 4.69) is 10.1 Å². The summed E-state index contributed by atoms with van der Waals surface area (Å²) in [5.74, 6) is -0.671. The summed E-state index contributed by atoms with van der Waals surface area (Å²) in [4.78, 5) is 22.2. The molecule has 0 fully saturated rings. The first-order valence-corrected chi connectivity index (χ1v) is 5.14. The zero-order valence-corrected chi connectivity index (χ0v) is 8.60. The Bertz CT molecular complexity index is 308. The molecule has 0 radical (unpaired) electrons. The van der Waals surface area contributed by atoms with Crippen LogP contribution in [0.15, 0.2) is 16.8 Å². The number of rotatable bonds is 4. The van der Waals surface area contributed by atoms with Crippen LogP contribution in [0, 0.1) is 0 Å². The summed E-state index contributed by atoms with van der Waals surface area (Å²) in [6, 6.07) is 1.70. The van der Waals surface area contributed by atoms with Crippen LogP contribution >= 0.6 is 11.3 Å². The largest absolute Gasteiger partial charge is 0.465 e. The van der Waals surface area contributed by atoms with Crippen molar-refractivity contribution in [3.05, 3.63) is 22.4 Å². The molecular weight excluding hydrogens is 202 g/mol. The third kappa shape index (κ3) is 3.18. The minimum absolute atomic E-state index is 0.0808. The number of hydrogen-bond acceptors (Lipinski definition) is 4. The van der Waals surface area contributed by atoms with Crippen molar-refractivity contribution in [2.24, 2.45) is 0 Å². The van der Waals surface area contributed by atoms with E-state index in [4.69, 9.17) is 0 Å². The topological polar surface area (TPSA) is 55.4 Å². The van der Waals surface area contributed by atoms with Gasteiger partial charge in [0.1, 0.15) is 6.54 Å². The fourth-order valence-electron chi connectivity index (χ4n) is 0.860. The van der Waals surface area contributed by atoms with Gasteiger partial charge in [-0.3, -0.25) is 9.59 Å². The van der Waals surface area contributed by atoms with E-state index >= 15 is 0 Å². The van der Waals surface area contributed by atoms with Gasteiger partial charge in [-0.2, -0.15) is 11.3 Å². The predicted octanol–water partition coefficient (Wildman–Crippen LogP) is 1.04. The standard InChI is InChI=1S/C9H11NO3S/c1-2-13-8(11)5-10-9(12)7-3-4-14-6-7/h3-4,6H,2,5H2,1H3,(H,10,12). The average molecular weight is 213 g/mol. The van der Waals surface area contributed by atoms with Crippen molar-refractivity contribution in [3.63, 3.8) is 0 Å². The SMILES string of the molecule is CCOC(=O)CNC(=O)c1ccsc1. The van der Waals surface area contributed by atoms with Gasteiger partial charge in [-0.05, 0) is 18.4 Å². The number of esters is 1. The van der Waals surface area contributed by atoms with Crippen molar-refractivity contribution in [1.29, 1.82) is 0 Å². The van der Waals surface area contributed by atoms with Crippen LogP contribution in [0.4, 0.5) is 0 Å².